The Kier molecular flexibility index (Phi) is 3.08. The van der Waals surface area contributed by atoms with Crippen molar-refractivity contribution in [2.24, 2.45) is 0 Å². The van der Waals surface area contributed by atoms with Crippen molar-refractivity contribution in [1.82, 2.24) is 9.88 Å². The van der Waals surface area contributed by atoms with Gasteiger partial charge in [0.05, 0.1) is 7.11 Å². The maximum absolute atomic E-state index is 12.0. The van der Waals surface area contributed by atoms with E-state index in [0.717, 1.165) is 23.1 Å². The molecule has 0 saturated carbocycles. The summed E-state index contributed by atoms with van der Waals surface area (Å²) in [4.78, 5) is 17.9. The lowest BCUT2D eigenvalue weighted by Gasteiger charge is -2.31. The van der Waals surface area contributed by atoms with Crippen LogP contribution in [0, 0.1) is 3.57 Å². The van der Waals surface area contributed by atoms with E-state index in [2.05, 4.69) is 27.6 Å². The van der Waals surface area contributed by atoms with Gasteiger partial charge in [0.25, 0.3) is 5.91 Å². The number of carbonyl (C=O) groups excluding carboxylic acids is 1. The third-order valence-corrected chi connectivity index (χ3v) is 3.31. The van der Waals surface area contributed by atoms with E-state index in [-0.39, 0.29) is 5.91 Å². The second-order valence-electron chi connectivity index (χ2n) is 3.32. The third-order valence-electron chi connectivity index (χ3n) is 2.42. The van der Waals surface area contributed by atoms with Crippen molar-refractivity contribution in [1.29, 1.82) is 0 Å². The highest BCUT2D eigenvalue weighted by atomic mass is 127. The predicted octanol–water partition coefficient (Wildman–Crippen LogP) is 1.54. The lowest BCUT2D eigenvalue weighted by Crippen LogP contribution is -2.42. The highest BCUT2D eigenvalue weighted by molar-refractivity contribution is 14.1. The Hall–Kier alpha value is -0.850. The number of hydrogen-bond donors (Lipinski definition) is 0. The van der Waals surface area contributed by atoms with Crippen molar-refractivity contribution in [2.75, 3.05) is 20.2 Å². The molecule has 1 amide bonds. The molecule has 1 aliphatic rings. The molecule has 1 aromatic rings. The second kappa shape index (κ2) is 4.34. The average Bonchev–Trinajstić information content (AvgIpc) is 2.14. The fourth-order valence-corrected chi connectivity index (χ4v) is 2.07. The van der Waals surface area contributed by atoms with Crippen LogP contribution in [0.2, 0.25) is 0 Å². The smallest absolute Gasteiger partial charge is 0.260 e. The quantitative estimate of drug-likeness (QED) is 0.777. The minimum Gasteiger partial charge on any atom is -0.480 e. The molecule has 1 fully saturated rings. The van der Waals surface area contributed by atoms with Crippen molar-refractivity contribution in [2.45, 2.75) is 6.42 Å². The standard InChI is InChI=1S/C10H11IN2O2/c1-15-9-8(7(11)3-4-12-9)10(14)13-5-2-6-13/h3-4H,2,5-6H2,1H3. The Balaban J connectivity index is 2.36. The summed E-state index contributed by atoms with van der Waals surface area (Å²) in [7, 11) is 1.53. The van der Waals surface area contributed by atoms with Crippen LogP contribution >= 0.6 is 22.6 Å². The monoisotopic (exact) mass is 318 g/mol. The van der Waals surface area contributed by atoms with Crippen LogP contribution in [0.3, 0.4) is 0 Å². The molecule has 0 aliphatic carbocycles. The van der Waals surface area contributed by atoms with Crippen LogP contribution in [0.15, 0.2) is 12.3 Å². The maximum Gasteiger partial charge on any atom is 0.260 e. The van der Waals surface area contributed by atoms with Gasteiger partial charge in [0.2, 0.25) is 5.88 Å². The van der Waals surface area contributed by atoms with Crippen molar-refractivity contribution in [3.63, 3.8) is 0 Å². The highest BCUT2D eigenvalue weighted by Gasteiger charge is 2.26. The van der Waals surface area contributed by atoms with E-state index in [1.165, 1.54) is 7.11 Å². The van der Waals surface area contributed by atoms with Crippen LogP contribution < -0.4 is 4.74 Å². The van der Waals surface area contributed by atoms with Gasteiger partial charge in [0.15, 0.2) is 0 Å². The summed E-state index contributed by atoms with van der Waals surface area (Å²) in [6.07, 6.45) is 2.73. The molecule has 0 bridgehead atoms. The fourth-order valence-electron chi connectivity index (χ4n) is 1.45. The van der Waals surface area contributed by atoms with Gasteiger partial charge in [-0.25, -0.2) is 4.98 Å². The topological polar surface area (TPSA) is 42.4 Å². The molecule has 15 heavy (non-hydrogen) atoms. The van der Waals surface area contributed by atoms with Gasteiger partial charge in [-0.05, 0) is 35.1 Å². The molecule has 0 spiro atoms. The summed E-state index contributed by atoms with van der Waals surface area (Å²) in [5.74, 6) is 0.439. The molecule has 1 aliphatic heterocycles. The summed E-state index contributed by atoms with van der Waals surface area (Å²) < 4.78 is 5.99. The summed E-state index contributed by atoms with van der Waals surface area (Å²) in [6.45, 7) is 1.68. The first kappa shape index (κ1) is 10.7. The van der Waals surface area contributed by atoms with Crippen LogP contribution in [0.4, 0.5) is 0 Å². The number of carbonyl (C=O) groups is 1. The molecular weight excluding hydrogens is 307 g/mol. The SMILES string of the molecule is COc1nccc(I)c1C(=O)N1CCC1. The molecule has 1 aromatic heterocycles. The first-order valence-corrected chi connectivity index (χ1v) is 5.79. The van der Waals surface area contributed by atoms with E-state index in [0.29, 0.717) is 11.4 Å². The molecule has 0 N–H and O–H groups in total. The molecule has 0 radical (unpaired) electrons. The first-order valence-electron chi connectivity index (χ1n) is 4.72. The van der Waals surface area contributed by atoms with Crippen LogP contribution in [0.1, 0.15) is 16.8 Å². The summed E-state index contributed by atoms with van der Waals surface area (Å²) >= 11 is 2.13. The lowest BCUT2D eigenvalue weighted by molar-refractivity contribution is 0.0646. The molecule has 4 nitrogen and oxygen atoms in total. The van der Waals surface area contributed by atoms with Gasteiger partial charge >= 0.3 is 0 Å². The van der Waals surface area contributed by atoms with Gasteiger partial charge < -0.3 is 9.64 Å². The zero-order chi connectivity index (χ0) is 10.8. The molecule has 80 valence electrons. The minimum atomic E-state index is 0.0237. The van der Waals surface area contributed by atoms with Gasteiger partial charge in [-0.2, -0.15) is 0 Å². The van der Waals surface area contributed by atoms with Crippen molar-refractivity contribution in [3.05, 3.63) is 21.4 Å². The molecule has 2 rings (SSSR count). The van der Waals surface area contributed by atoms with E-state index in [9.17, 15) is 4.79 Å². The predicted molar refractivity (Wildman–Crippen MR) is 64.0 cm³/mol. The maximum atomic E-state index is 12.0. The molecule has 0 atom stereocenters. The van der Waals surface area contributed by atoms with Crippen molar-refractivity contribution < 1.29 is 9.53 Å². The van der Waals surface area contributed by atoms with Gasteiger partial charge in [-0.15, -0.1) is 0 Å². The Bertz CT molecular complexity index is 391. The van der Waals surface area contributed by atoms with E-state index < -0.39 is 0 Å². The number of amides is 1. The number of nitrogens with zero attached hydrogens (tertiary/aromatic N) is 2. The Morgan fingerprint density at radius 3 is 2.87 bits per heavy atom. The van der Waals surface area contributed by atoms with Crippen LogP contribution in [-0.2, 0) is 0 Å². The Morgan fingerprint density at radius 1 is 1.60 bits per heavy atom. The van der Waals surface area contributed by atoms with E-state index in [1.54, 1.807) is 6.20 Å². The third kappa shape index (κ3) is 1.92. The summed E-state index contributed by atoms with van der Waals surface area (Å²) in [5, 5.41) is 0. The number of pyridine rings is 1. The Labute approximate surface area is 102 Å². The zero-order valence-electron chi connectivity index (χ0n) is 8.36. The largest absolute Gasteiger partial charge is 0.480 e. The lowest BCUT2D eigenvalue weighted by atomic mass is 10.1. The highest BCUT2D eigenvalue weighted by Crippen LogP contribution is 2.24. The van der Waals surface area contributed by atoms with Crippen LogP contribution in [0.5, 0.6) is 5.88 Å². The normalized spacial score (nSPS) is 14.7. The fraction of sp³-hybridized carbons (Fsp3) is 0.400. The number of halogens is 1. The van der Waals surface area contributed by atoms with Crippen LogP contribution in [0.25, 0.3) is 0 Å². The zero-order valence-corrected chi connectivity index (χ0v) is 10.5. The molecule has 0 unspecified atom stereocenters. The van der Waals surface area contributed by atoms with Gasteiger partial charge in [-0.1, -0.05) is 0 Å². The molecule has 1 saturated heterocycles. The minimum absolute atomic E-state index is 0.0237. The first-order chi connectivity index (χ1) is 7.24. The number of rotatable bonds is 2. The summed E-state index contributed by atoms with van der Waals surface area (Å²) in [5.41, 5.74) is 0.584. The number of aromatic nitrogens is 1. The van der Waals surface area contributed by atoms with Crippen molar-refractivity contribution in [3.8, 4) is 5.88 Å². The summed E-state index contributed by atoms with van der Waals surface area (Å²) in [6, 6.07) is 1.82. The number of ether oxygens (including phenoxy) is 1. The number of methoxy groups -OCH3 is 1. The Morgan fingerprint density at radius 2 is 2.33 bits per heavy atom. The molecule has 5 heteroatoms. The van der Waals surface area contributed by atoms with Gasteiger partial charge in [0.1, 0.15) is 5.56 Å². The second-order valence-corrected chi connectivity index (χ2v) is 4.48. The van der Waals surface area contributed by atoms with Gasteiger partial charge in [0, 0.05) is 22.9 Å². The van der Waals surface area contributed by atoms with E-state index in [4.69, 9.17) is 4.74 Å². The van der Waals surface area contributed by atoms with Crippen LogP contribution in [-0.4, -0.2) is 36.0 Å². The van der Waals surface area contributed by atoms with E-state index >= 15 is 0 Å². The van der Waals surface area contributed by atoms with Crippen molar-refractivity contribution >= 4 is 28.5 Å². The van der Waals surface area contributed by atoms with Gasteiger partial charge in [-0.3, -0.25) is 4.79 Å². The average molecular weight is 318 g/mol. The number of likely N-dealkylation sites (tertiary alicyclic amines) is 1. The van der Waals surface area contributed by atoms with E-state index in [1.807, 2.05) is 11.0 Å². The molecule has 0 aromatic carbocycles. The molecule has 2 heterocycles. The molecular formula is C10H11IN2O2. The number of hydrogen-bond acceptors (Lipinski definition) is 3.